The van der Waals surface area contributed by atoms with E-state index in [4.69, 9.17) is 0 Å². The molecule has 0 bridgehead atoms. The van der Waals surface area contributed by atoms with Crippen LogP contribution >= 0.6 is 0 Å². The number of nitrogens with zero attached hydrogens (tertiary/aromatic N) is 2. The Morgan fingerprint density at radius 3 is 1.11 bits per heavy atom. The number of fused-ring (bicyclic) bond motifs is 1. The molecule has 8 aromatic rings. The van der Waals surface area contributed by atoms with Crippen LogP contribution in [0.3, 0.4) is 0 Å². The summed E-state index contributed by atoms with van der Waals surface area (Å²) < 4.78 is 0. The lowest BCUT2D eigenvalue weighted by Gasteiger charge is -2.32. The first-order valence-corrected chi connectivity index (χ1v) is 18.9. The molecule has 2 heteroatoms. The van der Waals surface area contributed by atoms with E-state index < -0.39 is 0 Å². The molecule has 0 saturated heterocycles. The van der Waals surface area contributed by atoms with Crippen molar-refractivity contribution in [2.24, 2.45) is 0 Å². The minimum Gasteiger partial charge on any atom is -0.310 e. The molecule has 0 aromatic heterocycles. The molecule has 0 saturated carbocycles. The van der Waals surface area contributed by atoms with Gasteiger partial charge in [0.2, 0.25) is 0 Å². The Kier molecular flexibility index (Phi) is 10.2. The smallest absolute Gasteiger partial charge is 0.0570 e. The average Bonchev–Trinajstić information content (AvgIpc) is 3.23. The van der Waals surface area contributed by atoms with Crippen LogP contribution in [0.1, 0.15) is 38.9 Å². The Labute approximate surface area is 325 Å². The quantitative estimate of drug-likeness (QED) is 0.131. The van der Waals surface area contributed by atoms with Crippen LogP contribution in [0.4, 0.5) is 34.1 Å². The minimum atomic E-state index is 1.10. The van der Waals surface area contributed by atoms with Gasteiger partial charge in [0.05, 0.1) is 11.4 Å². The molecule has 55 heavy (non-hydrogen) atoms. The summed E-state index contributed by atoms with van der Waals surface area (Å²) >= 11 is 0. The highest BCUT2D eigenvalue weighted by atomic mass is 15.2. The van der Waals surface area contributed by atoms with Gasteiger partial charge in [-0.3, -0.25) is 0 Å². The summed E-state index contributed by atoms with van der Waals surface area (Å²) in [4.78, 5) is 4.81. The van der Waals surface area contributed by atoms with E-state index in [0.29, 0.717) is 0 Å². The molecule has 0 unspecified atom stereocenters. The summed E-state index contributed by atoms with van der Waals surface area (Å²) in [6, 6.07) is 67.5. The molecule has 8 rings (SSSR count). The highest BCUT2D eigenvalue weighted by Gasteiger charge is 2.23. The molecule has 8 aromatic carbocycles. The van der Waals surface area contributed by atoms with Gasteiger partial charge < -0.3 is 9.80 Å². The van der Waals surface area contributed by atoms with Crippen molar-refractivity contribution >= 4 is 69.2 Å². The summed E-state index contributed by atoms with van der Waals surface area (Å²) in [5.41, 5.74) is 15.1. The summed E-state index contributed by atoms with van der Waals surface area (Å²) in [7, 11) is 0. The van der Waals surface area contributed by atoms with Crippen LogP contribution in [0, 0.1) is 20.8 Å². The van der Waals surface area contributed by atoms with E-state index in [1.54, 1.807) is 0 Å². The van der Waals surface area contributed by atoms with Crippen molar-refractivity contribution in [1.82, 2.24) is 0 Å². The predicted molar refractivity (Wildman–Crippen MR) is 238 cm³/mol. The van der Waals surface area contributed by atoms with Gasteiger partial charge in [0.25, 0.3) is 0 Å². The number of aryl methyl sites for hydroxylation is 3. The van der Waals surface area contributed by atoms with Crippen LogP contribution in [-0.4, -0.2) is 0 Å². The maximum absolute atomic E-state index is 2.41. The van der Waals surface area contributed by atoms with Crippen molar-refractivity contribution in [2.45, 2.75) is 20.8 Å². The second kappa shape index (κ2) is 16.0. The molecule has 0 atom stereocenters. The third-order valence-electron chi connectivity index (χ3n) is 10.1. The third-order valence-corrected chi connectivity index (χ3v) is 10.1. The Morgan fingerprint density at radius 2 is 0.673 bits per heavy atom. The molecule has 0 aliphatic heterocycles. The maximum atomic E-state index is 2.41. The Morgan fingerprint density at radius 1 is 0.327 bits per heavy atom. The fourth-order valence-corrected chi connectivity index (χ4v) is 7.16. The van der Waals surface area contributed by atoms with Crippen LogP contribution in [0.2, 0.25) is 0 Å². The van der Waals surface area contributed by atoms with E-state index in [1.165, 1.54) is 44.3 Å². The SMILES string of the molecule is Cc1ccc(N(c2ccc(/C=C/c3ccccc3)cc2)c2cc(C)c(N(c3ccc(C)cc3)c3ccc(/C=C/c4ccccc4)cc3)c3ccccc23)cc1. The lowest BCUT2D eigenvalue weighted by Crippen LogP contribution is -2.15. The van der Waals surface area contributed by atoms with Gasteiger partial charge in [0.1, 0.15) is 0 Å². The van der Waals surface area contributed by atoms with Crippen LogP contribution in [0.15, 0.2) is 188 Å². The summed E-state index contributed by atoms with van der Waals surface area (Å²) in [5.74, 6) is 0. The van der Waals surface area contributed by atoms with E-state index in [9.17, 15) is 0 Å². The van der Waals surface area contributed by atoms with Gasteiger partial charge >= 0.3 is 0 Å². The largest absolute Gasteiger partial charge is 0.310 e. The van der Waals surface area contributed by atoms with Gasteiger partial charge in [-0.2, -0.15) is 0 Å². The Bertz CT molecular complexity index is 2570. The van der Waals surface area contributed by atoms with Crippen LogP contribution in [-0.2, 0) is 0 Å². The normalized spacial score (nSPS) is 11.4. The lowest BCUT2D eigenvalue weighted by molar-refractivity contribution is 1.24. The lowest BCUT2D eigenvalue weighted by atomic mass is 9.98. The van der Waals surface area contributed by atoms with Gasteiger partial charge in [0.15, 0.2) is 0 Å². The summed E-state index contributed by atoms with van der Waals surface area (Å²) in [5, 5.41) is 2.36. The number of hydrogen-bond acceptors (Lipinski definition) is 2. The molecule has 2 nitrogen and oxygen atoms in total. The highest BCUT2D eigenvalue weighted by Crippen LogP contribution is 2.47. The first-order chi connectivity index (χ1) is 27.0. The highest BCUT2D eigenvalue weighted by molar-refractivity contribution is 6.08. The molecule has 0 N–H and O–H groups in total. The topological polar surface area (TPSA) is 6.48 Å². The number of hydrogen-bond donors (Lipinski definition) is 0. The zero-order valence-electron chi connectivity index (χ0n) is 31.6. The maximum Gasteiger partial charge on any atom is 0.0570 e. The fraction of sp³-hybridized carbons (Fsp3) is 0.0566. The molecule has 0 spiro atoms. The minimum absolute atomic E-state index is 1.10. The number of benzene rings is 8. The predicted octanol–water partition coefficient (Wildman–Crippen LogP) is 15.0. The van der Waals surface area contributed by atoms with Crippen LogP contribution in [0.25, 0.3) is 35.1 Å². The van der Waals surface area contributed by atoms with Gasteiger partial charge in [-0.25, -0.2) is 0 Å². The van der Waals surface area contributed by atoms with E-state index in [1.807, 2.05) is 12.1 Å². The molecule has 0 amide bonds. The van der Waals surface area contributed by atoms with E-state index >= 15 is 0 Å². The van der Waals surface area contributed by atoms with Crippen molar-refractivity contribution in [1.29, 1.82) is 0 Å². The van der Waals surface area contributed by atoms with E-state index in [-0.39, 0.29) is 0 Å². The zero-order chi connectivity index (χ0) is 37.6. The summed E-state index contributed by atoms with van der Waals surface area (Å²) in [6.07, 6.45) is 8.68. The molecule has 0 radical (unpaired) electrons. The van der Waals surface area contributed by atoms with Crippen molar-refractivity contribution in [3.63, 3.8) is 0 Å². The van der Waals surface area contributed by atoms with Crippen molar-refractivity contribution < 1.29 is 0 Å². The van der Waals surface area contributed by atoms with E-state index in [0.717, 1.165) is 39.6 Å². The first-order valence-electron chi connectivity index (χ1n) is 18.9. The average molecular weight is 709 g/mol. The molecule has 0 aliphatic rings. The second-order valence-corrected chi connectivity index (χ2v) is 14.1. The third kappa shape index (κ3) is 7.90. The fourth-order valence-electron chi connectivity index (χ4n) is 7.16. The second-order valence-electron chi connectivity index (χ2n) is 14.1. The summed E-state index contributed by atoms with van der Waals surface area (Å²) in [6.45, 7) is 6.53. The number of anilines is 6. The standard InChI is InChI=1S/C53H44N2/c1-39-18-30-46(31-19-39)54(47-34-26-44(27-35-47)24-22-42-12-6-4-7-13-42)52-38-41(3)53(51-17-11-10-16-50(51)52)55(48-32-20-40(2)21-33-48)49-36-28-45(29-37-49)25-23-43-14-8-5-9-15-43/h4-38H,1-3H3/b24-22+,25-23+. The van der Waals surface area contributed by atoms with Crippen LogP contribution < -0.4 is 9.80 Å². The van der Waals surface area contributed by atoms with Crippen LogP contribution in [0.5, 0.6) is 0 Å². The Balaban J connectivity index is 1.24. The van der Waals surface area contributed by atoms with E-state index in [2.05, 4.69) is 231 Å². The molecule has 266 valence electrons. The Hall–Kier alpha value is -6.90. The van der Waals surface area contributed by atoms with Gasteiger partial charge in [-0.05, 0) is 103 Å². The van der Waals surface area contributed by atoms with Crippen molar-refractivity contribution in [2.75, 3.05) is 9.80 Å². The molecule has 0 aliphatic carbocycles. The molecular weight excluding hydrogens is 665 g/mol. The zero-order valence-corrected chi connectivity index (χ0v) is 31.6. The van der Waals surface area contributed by atoms with Gasteiger partial charge in [-0.1, -0.05) is 169 Å². The van der Waals surface area contributed by atoms with Crippen molar-refractivity contribution in [3.8, 4) is 0 Å². The van der Waals surface area contributed by atoms with Gasteiger partial charge in [0, 0.05) is 33.5 Å². The first kappa shape index (κ1) is 35.1. The molecule has 0 fully saturated rings. The monoisotopic (exact) mass is 708 g/mol. The molecular formula is C53H44N2. The van der Waals surface area contributed by atoms with Gasteiger partial charge in [-0.15, -0.1) is 0 Å². The van der Waals surface area contributed by atoms with Crippen molar-refractivity contribution in [3.05, 3.63) is 227 Å². The number of rotatable bonds is 10. The molecule has 0 heterocycles.